The lowest BCUT2D eigenvalue weighted by Crippen LogP contribution is -2.44. The smallest absolute Gasteiger partial charge is 0.238 e. The number of nitrogens with zero attached hydrogens (tertiary/aromatic N) is 1. The van der Waals surface area contributed by atoms with Gasteiger partial charge in [-0.15, -0.1) is 0 Å². The molecule has 1 fully saturated rings. The summed E-state index contributed by atoms with van der Waals surface area (Å²) >= 11 is 0. The average Bonchev–Trinajstić information content (AvgIpc) is 2.50. The molecule has 2 rings (SSSR count). The fourth-order valence-electron chi connectivity index (χ4n) is 2.91. The van der Waals surface area contributed by atoms with Crippen LogP contribution in [-0.2, 0) is 4.79 Å². The Morgan fingerprint density at radius 3 is 3.00 bits per heavy atom. The second-order valence-corrected chi connectivity index (χ2v) is 5.45. The number of nitrogens with two attached hydrogens (primary N) is 1. The summed E-state index contributed by atoms with van der Waals surface area (Å²) < 4.78 is 5.25. The maximum Gasteiger partial charge on any atom is 0.238 e. The van der Waals surface area contributed by atoms with E-state index in [9.17, 15) is 4.79 Å². The number of rotatable bonds is 6. The number of hydrogen-bond acceptors (Lipinski definition) is 4. The molecular weight excluding hydrogens is 266 g/mol. The second kappa shape index (κ2) is 8.00. The molecule has 3 N–H and O–H groups in total. The highest BCUT2D eigenvalue weighted by atomic mass is 16.5. The van der Waals surface area contributed by atoms with Gasteiger partial charge in [0.2, 0.25) is 5.91 Å². The molecule has 5 nitrogen and oxygen atoms in total. The Hall–Kier alpha value is -1.59. The van der Waals surface area contributed by atoms with Crippen molar-refractivity contribution < 1.29 is 9.53 Å². The highest BCUT2D eigenvalue weighted by Gasteiger charge is 2.23. The Labute approximate surface area is 126 Å². The molecule has 1 aromatic carbocycles. The number of likely N-dealkylation sites (tertiary alicyclic amines) is 1. The molecule has 1 saturated heterocycles. The van der Waals surface area contributed by atoms with Gasteiger partial charge in [0.1, 0.15) is 5.75 Å². The van der Waals surface area contributed by atoms with E-state index >= 15 is 0 Å². The molecule has 1 amide bonds. The molecule has 0 spiro atoms. The van der Waals surface area contributed by atoms with E-state index in [-0.39, 0.29) is 5.91 Å². The molecule has 1 heterocycles. The minimum absolute atomic E-state index is 0.00317. The van der Waals surface area contributed by atoms with Crippen molar-refractivity contribution in [2.75, 3.05) is 32.1 Å². The second-order valence-electron chi connectivity index (χ2n) is 5.45. The molecule has 1 unspecified atom stereocenters. The number of anilines is 1. The number of carbonyl (C=O) groups is 1. The van der Waals surface area contributed by atoms with Gasteiger partial charge in [-0.2, -0.15) is 0 Å². The lowest BCUT2D eigenvalue weighted by molar-refractivity contribution is -0.118. The standard InChI is InChI=1S/C16H25N3O2/c1-21-15-8-3-2-7-14(15)18-16(20)12-19-11-5-4-6-13(19)9-10-17/h2-3,7-8,13H,4-6,9-12,17H2,1H3,(H,18,20). The number of piperidine rings is 1. The maximum absolute atomic E-state index is 12.3. The minimum Gasteiger partial charge on any atom is -0.495 e. The van der Waals surface area contributed by atoms with Crippen molar-refractivity contribution >= 4 is 11.6 Å². The van der Waals surface area contributed by atoms with Gasteiger partial charge in [-0.05, 0) is 44.5 Å². The third kappa shape index (κ3) is 4.44. The molecule has 1 aromatic rings. The number of ether oxygens (including phenoxy) is 1. The Bertz CT molecular complexity index is 463. The summed E-state index contributed by atoms with van der Waals surface area (Å²) in [5.41, 5.74) is 6.39. The monoisotopic (exact) mass is 291 g/mol. The van der Waals surface area contributed by atoms with E-state index in [1.165, 1.54) is 6.42 Å². The van der Waals surface area contributed by atoms with Crippen molar-refractivity contribution in [1.29, 1.82) is 0 Å². The van der Waals surface area contributed by atoms with Crippen LogP contribution in [0.4, 0.5) is 5.69 Å². The molecule has 5 heteroatoms. The zero-order chi connectivity index (χ0) is 15.1. The zero-order valence-electron chi connectivity index (χ0n) is 12.7. The summed E-state index contributed by atoms with van der Waals surface area (Å²) in [4.78, 5) is 14.5. The van der Waals surface area contributed by atoms with Gasteiger partial charge in [0.25, 0.3) is 0 Å². The van der Waals surface area contributed by atoms with Gasteiger partial charge in [0.05, 0.1) is 19.3 Å². The van der Waals surface area contributed by atoms with Gasteiger partial charge in [-0.3, -0.25) is 9.69 Å². The highest BCUT2D eigenvalue weighted by Crippen LogP contribution is 2.23. The van der Waals surface area contributed by atoms with Crippen molar-refractivity contribution in [3.05, 3.63) is 24.3 Å². The minimum atomic E-state index is 0.00317. The van der Waals surface area contributed by atoms with Crippen molar-refractivity contribution in [1.82, 2.24) is 4.90 Å². The van der Waals surface area contributed by atoms with Crippen LogP contribution in [0.15, 0.2) is 24.3 Å². The molecule has 1 aliphatic rings. The summed E-state index contributed by atoms with van der Waals surface area (Å²) in [5.74, 6) is 0.687. The Kier molecular flexibility index (Phi) is 6.02. The fraction of sp³-hybridized carbons (Fsp3) is 0.562. The lowest BCUT2D eigenvalue weighted by Gasteiger charge is -2.35. The van der Waals surface area contributed by atoms with Crippen LogP contribution in [0.5, 0.6) is 5.75 Å². The quantitative estimate of drug-likeness (QED) is 0.839. The number of hydrogen-bond donors (Lipinski definition) is 2. The van der Waals surface area contributed by atoms with Crippen LogP contribution in [-0.4, -0.2) is 43.6 Å². The first-order valence-corrected chi connectivity index (χ1v) is 7.61. The van der Waals surface area contributed by atoms with E-state index in [2.05, 4.69) is 10.2 Å². The van der Waals surface area contributed by atoms with E-state index in [1.807, 2.05) is 24.3 Å². The first kappa shape index (κ1) is 15.8. The van der Waals surface area contributed by atoms with Crippen LogP contribution in [0.2, 0.25) is 0 Å². The van der Waals surface area contributed by atoms with E-state index in [1.54, 1.807) is 7.11 Å². The van der Waals surface area contributed by atoms with Gasteiger partial charge in [-0.1, -0.05) is 18.6 Å². The van der Waals surface area contributed by atoms with Crippen LogP contribution in [0.25, 0.3) is 0 Å². The Morgan fingerprint density at radius 1 is 1.43 bits per heavy atom. The van der Waals surface area contributed by atoms with Gasteiger partial charge >= 0.3 is 0 Å². The average molecular weight is 291 g/mol. The fourth-order valence-corrected chi connectivity index (χ4v) is 2.91. The summed E-state index contributed by atoms with van der Waals surface area (Å²) in [5, 5.41) is 2.93. The number of carbonyl (C=O) groups excluding carboxylic acids is 1. The van der Waals surface area contributed by atoms with Crippen LogP contribution in [0, 0.1) is 0 Å². The lowest BCUT2D eigenvalue weighted by atomic mass is 9.99. The predicted octanol–water partition coefficient (Wildman–Crippen LogP) is 1.84. The summed E-state index contributed by atoms with van der Waals surface area (Å²) in [6.07, 6.45) is 4.49. The Balaban J connectivity index is 1.94. The van der Waals surface area contributed by atoms with Crippen molar-refractivity contribution in [3.63, 3.8) is 0 Å². The molecule has 0 radical (unpaired) electrons. The van der Waals surface area contributed by atoms with Crippen LogP contribution >= 0.6 is 0 Å². The van der Waals surface area contributed by atoms with Crippen molar-refractivity contribution in [3.8, 4) is 5.75 Å². The first-order valence-electron chi connectivity index (χ1n) is 7.61. The van der Waals surface area contributed by atoms with E-state index in [0.29, 0.717) is 24.9 Å². The van der Waals surface area contributed by atoms with Gasteiger partial charge in [0.15, 0.2) is 0 Å². The van der Waals surface area contributed by atoms with Gasteiger partial charge in [0, 0.05) is 6.04 Å². The SMILES string of the molecule is COc1ccccc1NC(=O)CN1CCCCC1CCN. The summed E-state index contributed by atoms with van der Waals surface area (Å²) in [7, 11) is 1.60. The van der Waals surface area contributed by atoms with Crippen LogP contribution in [0.3, 0.4) is 0 Å². The van der Waals surface area contributed by atoms with E-state index in [0.717, 1.165) is 31.5 Å². The highest BCUT2D eigenvalue weighted by molar-refractivity contribution is 5.93. The van der Waals surface area contributed by atoms with Crippen LogP contribution < -0.4 is 15.8 Å². The van der Waals surface area contributed by atoms with Crippen LogP contribution in [0.1, 0.15) is 25.7 Å². The number of nitrogens with one attached hydrogen (secondary N) is 1. The molecule has 0 saturated carbocycles. The summed E-state index contributed by atoms with van der Waals surface area (Å²) in [6.45, 7) is 2.07. The molecule has 21 heavy (non-hydrogen) atoms. The number of methoxy groups -OCH3 is 1. The third-order valence-corrected chi connectivity index (χ3v) is 3.98. The van der Waals surface area contributed by atoms with Gasteiger partial charge < -0.3 is 15.8 Å². The first-order chi connectivity index (χ1) is 10.2. The molecular formula is C16H25N3O2. The Morgan fingerprint density at radius 2 is 2.24 bits per heavy atom. The molecule has 0 bridgehead atoms. The number of amides is 1. The summed E-state index contributed by atoms with van der Waals surface area (Å²) in [6, 6.07) is 7.90. The van der Waals surface area contributed by atoms with Crippen molar-refractivity contribution in [2.45, 2.75) is 31.7 Å². The molecule has 116 valence electrons. The predicted molar refractivity (Wildman–Crippen MR) is 84.5 cm³/mol. The largest absolute Gasteiger partial charge is 0.495 e. The normalized spacial score (nSPS) is 19.2. The van der Waals surface area contributed by atoms with Gasteiger partial charge in [-0.25, -0.2) is 0 Å². The third-order valence-electron chi connectivity index (χ3n) is 3.98. The molecule has 0 aromatic heterocycles. The van der Waals surface area contributed by atoms with E-state index < -0.39 is 0 Å². The maximum atomic E-state index is 12.3. The number of benzene rings is 1. The molecule has 0 aliphatic carbocycles. The number of para-hydroxylation sites is 2. The molecule has 1 atom stereocenters. The topological polar surface area (TPSA) is 67.6 Å². The molecule has 1 aliphatic heterocycles. The van der Waals surface area contributed by atoms with Crippen molar-refractivity contribution in [2.24, 2.45) is 5.73 Å². The van der Waals surface area contributed by atoms with E-state index in [4.69, 9.17) is 10.5 Å². The zero-order valence-corrected chi connectivity index (χ0v) is 12.7.